The molecule has 0 aliphatic carbocycles. The molecule has 1 fully saturated rings. The Morgan fingerprint density at radius 1 is 1.58 bits per heavy atom. The molecule has 5 heteroatoms. The lowest BCUT2D eigenvalue weighted by Crippen LogP contribution is -2.16. The van der Waals surface area contributed by atoms with Crippen LogP contribution in [0, 0.1) is 11.3 Å². The summed E-state index contributed by atoms with van der Waals surface area (Å²) >= 11 is 0. The molecule has 1 aliphatic heterocycles. The van der Waals surface area contributed by atoms with Crippen molar-refractivity contribution in [2.45, 2.75) is 31.8 Å². The summed E-state index contributed by atoms with van der Waals surface area (Å²) in [6, 6.07) is 6.88. The minimum Gasteiger partial charge on any atom is -0.399 e. The molecule has 5 nitrogen and oxygen atoms in total. The number of anilines is 2. The van der Waals surface area contributed by atoms with Gasteiger partial charge < -0.3 is 15.8 Å². The summed E-state index contributed by atoms with van der Waals surface area (Å²) in [7, 11) is 0. The second-order valence-corrected chi connectivity index (χ2v) is 4.64. The molecule has 0 spiro atoms. The summed E-state index contributed by atoms with van der Waals surface area (Å²) in [5.41, 5.74) is 6.99. The van der Waals surface area contributed by atoms with E-state index in [1.54, 1.807) is 18.2 Å². The number of nitrogen functional groups attached to an aromatic ring is 1. The Balaban J connectivity index is 1.89. The van der Waals surface area contributed by atoms with Gasteiger partial charge in [0.05, 0.1) is 17.4 Å². The van der Waals surface area contributed by atoms with Crippen LogP contribution in [0.5, 0.6) is 0 Å². The quantitative estimate of drug-likeness (QED) is 0.810. The molecule has 1 atom stereocenters. The van der Waals surface area contributed by atoms with Crippen LogP contribution in [0.1, 0.15) is 31.2 Å². The van der Waals surface area contributed by atoms with Crippen LogP contribution in [0.2, 0.25) is 0 Å². The molecule has 1 amide bonds. The fourth-order valence-corrected chi connectivity index (χ4v) is 2.14. The summed E-state index contributed by atoms with van der Waals surface area (Å²) in [4.78, 5) is 11.8. The Hall–Kier alpha value is -2.06. The fraction of sp³-hybridized carbons (Fsp3) is 0.429. The van der Waals surface area contributed by atoms with Gasteiger partial charge in [0.15, 0.2) is 0 Å². The number of benzene rings is 1. The summed E-state index contributed by atoms with van der Waals surface area (Å²) in [5, 5.41) is 11.7. The molecule has 0 aromatic heterocycles. The van der Waals surface area contributed by atoms with Gasteiger partial charge in [-0.25, -0.2) is 0 Å². The zero-order valence-corrected chi connectivity index (χ0v) is 10.7. The van der Waals surface area contributed by atoms with Crippen LogP contribution in [-0.4, -0.2) is 18.6 Å². The first kappa shape index (κ1) is 13.4. The normalized spacial score (nSPS) is 17.9. The number of nitrogens with zero attached hydrogens (tertiary/aromatic N) is 1. The van der Waals surface area contributed by atoms with Crippen molar-refractivity contribution in [3.05, 3.63) is 23.8 Å². The number of rotatable bonds is 4. The van der Waals surface area contributed by atoms with Crippen molar-refractivity contribution in [1.29, 1.82) is 5.26 Å². The monoisotopic (exact) mass is 259 g/mol. The molecule has 100 valence electrons. The van der Waals surface area contributed by atoms with Gasteiger partial charge in [0.25, 0.3) is 0 Å². The average Bonchev–Trinajstić information content (AvgIpc) is 2.91. The first-order chi connectivity index (χ1) is 9.19. The zero-order chi connectivity index (χ0) is 13.7. The van der Waals surface area contributed by atoms with Gasteiger partial charge in [-0.15, -0.1) is 0 Å². The molecular formula is C14H17N3O2. The second-order valence-electron chi connectivity index (χ2n) is 4.64. The van der Waals surface area contributed by atoms with E-state index in [1.165, 1.54) is 0 Å². The van der Waals surface area contributed by atoms with Crippen LogP contribution in [0.3, 0.4) is 0 Å². The van der Waals surface area contributed by atoms with Crippen LogP contribution in [0.15, 0.2) is 18.2 Å². The summed E-state index contributed by atoms with van der Waals surface area (Å²) in [6.45, 7) is 0.794. The van der Waals surface area contributed by atoms with Crippen molar-refractivity contribution in [3.8, 4) is 6.07 Å². The number of carbonyl (C=O) groups excluding carboxylic acids is 1. The maximum atomic E-state index is 11.8. The van der Waals surface area contributed by atoms with Crippen LogP contribution in [0.4, 0.5) is 11.4 Å². The number of ether oxygens (including phenoxy) is 1. The van der Waals surface area contributed by atoms with Gasteiger partial charge in [0, 0.05) is 18.7 Å². The van der Waals surface area contributed by atoms with Crippen molar-refractivity contribution in [2.75, 3.05) is 17.7 Å². The van der Waals surface area contributed by atoms with Crippen LogP contribution < -0.4 is 11.1 Å². The molecule has 1 heterocycles. The Kier molecular flexibility index (Phi) is 4.37. The summed E-state index contributed by atoms with van der Waals surface area (Å²) in [6.07, 6.45) is 3.43. The van der Waals surface area contributed by atoms with E-state index in [1.807, 2.05) is 6.07 Å². The third-order valence-electron chi connectivity index (χ3n) is 3.16. The van der Waals surface area contributed by atoms with Crippen molar-refractivity contribution >= 4 is 17.3 Å². The van der Waals surface area contributed by atoms with Gasteiger partial charge in [-0.05, 0) is 37.5 Å². The van der Waals surface area contributed by atoms with Crippen LogP contribution in [-0.2, 0) is 9.53 Å². The molecule has 0 saturated carbocycles. The van der Waals surface area contributed by atoms with Crippen molar-refractivity contribution < 1.29 is 9.53 Å². The smallest absolute Gasteiger partial charge is 0.224 e. The number of carbonyl (C=O) groups is 1. The molecule has 1 aromatic rings. The molecule has 1 saturated heterocycles. The molecule has 0 bridgehead atoms. The SMILES string of the molecule is N#Cc1cc(N)ccc1NC(=O)CCC1CCCO1. The van der Waals surface area contributed by atoms with Crippen molar-refractivity contribution in [3.63, 3.8) is 0 Å². The average molecular weight is 259 g/mol. The predicted octanol–water partition coefficient (Wildman–Crippen LogP) is 2.04. The Labute approximate surface area is 112 Å². The fourth-order valence-electron chi connectivity index (χ4n) is 2.14. The highest BCUT2D eigenvalue weighted by Crippen LogP contribution is 2.20. The van der Waals surface area contributed by atoms with Gasteiger partial charge in [0.1, 0.15) is 6.07 Å². The molecule has 3 N–H and O–H groups in total. The highest BCUT2D eigenvalue weighted by molar-refractivity contribution is 5.92. The summed E-state index contributed by atoms with van der Waals surface area (Å²) in [5.74, 6) is -0.100. The predicted molar refractivity (Wildman–Crippen MR) is 72.4 cm³/mol. The first-order valence-electron chi connectivity index (χ1n) is 6.40. The van der Waals surface area contributed by atoms with Gasteiger partial charge in [-0.1, -0.05) is 0 Å². The minimum absolute atomic E-state index is 0.100. The Morgan fingerprint density at radius 2 is 2.42 bits per heavy atom. The van der Waals surface area contributed by atoms with Gasteiger partial charge in [-0.2, -0.15) is 5.26 Å². The topological polar surface area (TPSA) is 88.1 Å². The number of hydrogen-bond donors (Lipinski definition) is 2. The lowest BCUT2D eigenvalue weighted by Gasteiger charge is -2.10. The molecule has 0 radical (unpaired) electrons. The zero-order valence-electron chi connectivity index (χ0n) is 10.7. The minimum atomic E-state index is -0.100. The van der Waals surface area contributed by atoms with E-state index < -0.39 is 0 Å². The maximum absolute atomic E-state index is 11.8. The largest absolute Gasteiger partial charge is 0.399 e. The molecule has 1 unspecified atom stereocenters. The molecule has 19 heavy (non-hydrogen) atoms. The number of nitrogens with one attached hydrogen (secondary N) is 1. The molecule has 1 aliphatic rings. The summed E-state index contributed by atoms with van der Waals surface area (Å²) < 4.78 is 5.47. The van der Waals surface area contributed by atoms with Gasteiger partial charge in [0.2, 0.25) is 5.91 Å². The van der Waals surface area contributed by atoms with Crippen molar-refractivity contribution in [2.24, 2.45) is 0 Å². The van der Waals surface area contributed by atoms with E-state index in [0.717, 1.165) is 25.9 Å². The van der Waals surface area contributed by atoms with Gasteiger partial charge >= 0.3 is 0 Å². The number of nitrogens with two attached hydrogens (primary N) is 1. The molecule has 2 rings (SSSR count). The highest BCUT2D eigenvalue weighted by atomic mass is 16.5. The third-order valence-corrected chi connectivity index (χ3v) is 3.16. The Bertz CT molecular complexity index is 502. The van der Waals surface area contributed by atoms with Crippen LogP contribution >= 0.6 is 0 Å². The van der Waals surface area contributed by atoms with E-state index in [9.17, 15) is 4.79 Å². The van der Waals surface area contributed by atoms with Gasteiger partial charge in [-0.3, -0.25) is 4.79 Å². The first-order valence-corrected chi connectivity index (χ1v) is 6.40. The second kappa shape index (κ2) is 6.21. The maximum Gasteiger partial charge on any atom is 0.224 e. The lowest BCUT2D eigenvalue weighted by atomic mass is 10.1. The van der Waals surface area contributed by atoms with E-state index >= 15 is 0 Å². The molecular weight excluding hydrogens is 242 g/mol. The van der Waals surface area contributed by atoms with E-state index in [0.29, 0.717) is 23.4 Å². The molecule has 1 aromatic carbocycles. The van der Waals surface area contributed by atoms with E-state index in [2.05, 4.69) is 5.32 Å². The van der Waals surface area contributed by atoms with E-state index in [4.69, 9.17) is 15.7 Å². The van der Waals surface area contributed by atoms with Crippen LogP contribution in [0.25, 0.3) is 0 Å². The van der Waals surface area contributed by atoms with Crippen molar-refractivity contribution in [1.82, 2.24) is 0 Å². The third kappa shape index (κ3) is 3.70. The number of nitriles is 1. The van der Waals surface area contributed by atoms with E-state index in [-0.39, 0.29) is 12.0 Å². The number of amides is 1. The lowest BCUT2D eigenvalue weighted by molar-refractivity contribution is -0.116. The highest BCUT2D eigenvalue weighted by Gasteiger charge is 2.17. The number of hydrogen-bond acceptors (Lipinski definition) is 4. The standard InChI is InChI=1S/C14H17N3O2/c15-9-10-8-11(16)3-5-13(10)17-14(18)6-4-12-2-1-7-19-12/h3,5,8,12H,1-2,4,6-7,16H2,(H,17,18). The Morgan fingerprint density at radius 3 is 3.11 bits per heavy atom.